The highest BCUT2D eigenvalue weighted by atomic mass is 35.5. The molecule has 0 saturated carbocycles. The maximum Gasteiger partial charge on any atom is 0.220 e. The summed E-state index contributed by atoms with van der Waals surface area (Å²) in [5, 5.41) is 4.72. The van der Waals surface area contributed by atoms with Crippen LogP contribution in [-0.2, 0) is 17.6 Å². The van der Waals surface area contributed by atoms with E-state index in [1.54, 1.807) is 11.3 Å². The van der Waals surface area contributed by atoms with Gasteiger partial charge in [0.05, 0.1) is 15.6 Å². The van der Waals surface area contributed by atoms with Crippen molar-refractivity contribution in [1.82, 2.24) is 10.3 Å². The highest BCUT2D eigenvalue weighted by molar-refractivity contribution is 7.15. The summed E-state index contributed by atoms with van der Waals surface area (Å²) in [6.07, 6.45) is 1.76. The number of benzene rings is 2. The van der Waals surface area contributed by atoms with Crippen molar-refractivity contribution in [3.63, 3.8) is 0 Å². The zero-order chi connectivity index (χ0) is 19.9. The molecule has 1 aromatic heterocycles. The van der Waals surface area contributed by atoms with Crippen molar-refractivity contribution < 1.29 is 4.79 Å². The molecule has 1 atom stereocenters. The van der Waals surface area contributed by atoms with Gasteiger partial charge in [0.25, 0.3) is 0 Å². The topological polar surface area (TPSA) is 68.0 Å². The Morgan fingerprint density at radius 3 is 2.57 bits per heavy atom. The zero-order valence-electron chi connectivity index (χ0n) is 15.8. The van der Waals surface area contributed by atoms with Crippen molar-refractivity contribution in [2.75, 3.05) is 6.54 Å². The second-order valence-electron chi connectivity index (χ2n) is 6.72. The summed E-state index contributed by atoms with van der Waals surface area (Å²) in [5.41, 5.74) is 9.08. The summed E-state index contributed by atoms with van der Waals surface area (Å²) in [4.78, 5) is 18.1. The standard InChI is InChI=1S/C22H24ClN3OS/c1-15-22(17-7-9-18(23)10-8-17)28-21(25-15)12-11-20(27)26-19(14-24)13-16-5-3-2-4-6-16/h2-10,19H,11-14,24H2,1H3,(H,26,27). The van der Waals surface area contributed by atoms with Crippen LogP contribution in [0, 0.1) is 6.92 Å². The number of carbonyl (C=O) groups excluding carboxylic acids is 1. The molecule has 4 nitrogen and oxygen atoms in total. The predicted molar refractivity (Wildman–Crippen MR) is 117 cm³/mol. The molecule has 0 fully saturated rings. The molecule has 0 bridgehead atoms. The van der Waals surface area contributed by atoms with Crippen LogP contribution < -0.4 is 11.1 Å². The minimum absolute atomic E-state index is 0.00674. The summed E-state index contributed by atoms with van der Waals surface area (Å²) < 4.78 is 0. The Kier molecular flexibility index (Phi) is 7.20. The van der Waals surface area contributed by atoms with E-state index in [1.165, 1.54) is 5.56 Å². The molecule has 28 heavy (non-hydrogen) atoms. The van der Waals surface area contributed by atoms with Gasteiger partial charge in [0.2, 0.25) is 5.91 Å². The molecule has 0 saturated heterocycles. The Bertz CT molecular complexity index is 909. The third-order valence-corrected chi connectivity index (χ3v) is 6.01. The Morgan fingerprint density at radius 2 is 1.89 bits per heavy atom. The number of nitrogens with one attached hydrogen (secondary N) is 1. The summed E-state index contributed by atoms with van der Waals surface area (Å²) in [5.74, 6) is 0.00674. The first-order valence-corrected chi connectivity index (χ1v) is 10.5. The lowest BCUT2D eigenvalue weighted by Gasteiger charge is -2.16. The molecule has 3 aromatic rings. The molecule has 1 amide bonds. The lowest BCUT2D eigenvalue weighted by atomic mass is 10.1. The van der Waals surface area contributed by atoms with Gasteiger partial charge in [0.15, 0.2) is 0 Å². The molecule has 1 unspecified atom stereocenters. The lowest BCUT2D eigenvalue weighted by molar-refractivity contribution is -0.121. The maximum absolute atomic E-state index is 12.4. The van der Waals surface area contributed by atoms with Gasteiger partial charge in [-0.25, -0.2) is 4.98 Å². The molecule has 6 heteroatoms. The van der Waals surface area contributed by atoms with E-state index in [0.717, 1.165) is 27.6 Å². The van der Waals surface area contributed by atoms with Crippen LogP contribution in [0.5, 0.6) is 0 Å². The normalized spacial score (nSPS) is 12.0. The van der Waals surface area contributed by atoms with Crippen LogP contribution in [-0.4, -0.2) is 23.5 Å². The number of amides is 1. The number of hydrogen-bond acceptors (Lipinski definition) is 4. The maximum atomic E-state index is 12.4. The van der Waals surface area contributed by atoms with Gasteiger partial charge in [-0.3, -0.25) is 4.79 Å². The molecule has 146 valence electrons. The van der Waals surface area contributed by atoms with Crippen molar-refractivity contribution in [2.24, 2.45) is 5.73 Å². The van der Waals surface area contributed by atoms with Gasteiger partial charge in [-0.05, 0) is 36.6 Å². The summed E-state index contributed by atoms with van der Waals surface area (Å²) >= 11 is 7.60. The average molecular weight is 414 g/mol. The van der Waals surface area contributed by atoms with Gasteiger partial charge < -0.3 is 11.1 Å². The van der Waals surface area contributed by atoms with E-state index in [-0.39, 0.29) is 11.9 Å². The summed E-state index contributed by atoms with van der Waals surface area (Å²) in [6.45, 7) is 2.41. The van der Waals surface area contributed by atoms with Gasteiger partial charge >= 0.3 is 0 Å². The van der Waals surface area contributed by atoms with E-state index in [9.17, 15) is 4.79 Å². The van der Waals surface area contributed by atoms with Gasteiger partial charge in [-0.1, -0.05) is 54.1 Å². The second-order valence-corrected chi connectivity index (χ2v) is 8.24. The Balaban J connectivity index is 1.55. The third kappa shape index (κ3) is 5.64. The Morgan fingerprint density at radius 1 is 1.18 bits per heavy atom. The number of nitrogens with two attached hydrogens (primary N) is 1. The number of aromatic nitrogens is 1. The first-order valence-electron chi connectivity index (χ1n) is 9.30. The summed E-state index contributed by atoms with van der Waals surface area (Å²) in [6, 6.07) is 17.7. The molecule has 2 aromatic carbocycles. The number of rotatable bonds is 8. The van der Waals surface area contributed by atoms with Gasteiger partial charge in [0, 0.05) is 30.5 Å². The molecular weight excluding hydrogens is 390 g/mol. The fraction of sp³-hybridized carbons (Fsp3) is 0.273. The van der Waals surface area contributed by atoms with Crippen LogP contribution in [0.25, 0.3) is 10.4 Å². The number of nitrogens with zero attached hydrogens (tertiary/aromatic N) is 1. The smallest absolute Gasteiger partial charge is 0.220 e. The largest absolute Gasteiger partial charge is 0.352 e. The van der Waals surface area contributed by atoms with Crippen LogP contribution in [0.15, 0.2) is 54.6 Å². The molecule has 0 aliphatic rings. The number of halogens is 1. The fourth-order valence-electron chi connectivity index (χ4n) is 3.04. The molecule has 0 aliphatic carbocycles. The molecule has 0 aliphatic heterocycles. The van der Waals surface area contributed by atoms with Crippen LogP contribution >= 0.6 is 22.9 Å². The van der Waals surface area contributed by atoms with Crippen molar-refractivity contribution in [2.45, 2.75) is 32.2 Å². The molecule has 0 radical (unpaired) electrons. The van der Waals surface area contributed by atoms with E-state index in [1.807, 2.05) is 61.5 Å². The monoisotopic (exact) mass is 413 g/mol. The first kappa shape index (κ1) is 20.5. The minimum Gasteiger partial charge on any atom is -0.352 e. The molecule has 3 rings (SSSR count). The molecule has 3 N–H and O–H groups in total. The van der Waals surface area contributed by atoms with E-state index >= 15 is 0 Å². The highest BCUT2D eigenvalue weighted by Crippen LogP contribution is 2.31. The first-order chi connectivity index (χ1) is 13.5. The number of aryl methyl sites for hydroxylation is 2. The SMILES string of the molecule is Cc1nc(CCC(=O)NC(CN)Cc2ccccc2)sc1-c1ccc(Cl)cc1. The quantitative estimate of drug-likeness (QED) is 0.575. The van der Waals surface area contributed by atoms with Crippen LogP contribution in [0.1, 0.15) is 22.7 Å². The van der Waals surface area contributed by atoms with E-state index in [2.05, 4.69) is 10.3 Å². The zero-order valence-corrected chi connectivity index (χ0v) is 17.4. The predicted octanol–water partition coefficient (Wildman–Crippen LogP) is 4.39. The minimum atomic E-state index is -0.0578. The van der Waals surface area contributed by atoms with Gasteiger partial charge in [-0.2, -0.15) is 0 Å². The number of hydrogen-bond donors (Lipinski definition) is 2. The van der Waals surface area contributed by atoms with Crippen molar-refractivity contribution in [1.29, 1.82) is 0 Å². The second kappa shape index (κ2) is 9.82. The fourth-order valence-corrected chi connectivity index (χ4v) is 4.24. The van der Waals surface area contributed by atoms with E-state index < -0.39 is 0 Å². The number of carbonyl (C=O) groups is 1. The van der Waals surface area contributed by atoms with Crippen LogP contribution in [0.3, 0.4) is 0 Å². The average Bonchev–Trinajstić information content (AvgIpc) is 3.08. The van der Waals surface area contributed by atoms with Crippen molar-refractivity contribution in [3.8, 4) is 10.4 Å². The van der Waals surface area contributed by atoms with Crippen LogP contribution in [0.4, 0.5) is 0 Å². The molecule has 1 heterocycles. The van der Waals surface area contributed by atoms with Crippen molar-refractivity contribution >= 4 is 28.8 Å². The summed E-state index contributed by atoms with van der Waals surface area (Å²) in [7, 11) is 0. The van der Waals surface area contributed by atoms with Crippen molar-refractivity contribution in [3.05, 3.63) is 75.9 Å². The Labute approximate surface area is 174 Å². The number of thiazole rings is 1. The Hall–Kier alpha value is -2.21. The van der Waals surface area contributed by atoms with Gasteiger partial charge in [0.1, 0.15) is 0 Å². The highest BCUT2D eigenvalue weighted by Gasteiger charge is 2.14. The molecule has 0 spiro atoms. The third-order valence-electron chi connectivity index (χ3n) is 4.49. The van der Waals surface area contributed by atoms with E-state index in [4.69, 9.17) is 17.3 Å². The molecular formula is C22H24ClN3OS. The van der Waals surface area contributed by atoms with Gasteiger partial charge in [-0.15, -0.1) is 11.3 Å². The lowest BCUT2D eigenvalue weighted by Crippen LogP contribution is -2.41. The van der Waals surface area contributed by atoms with Crippen LogP contribution in [0.2, 0.25) is 5.02 Å². The van der Waals surface area contributed by atoms with E-state index in [0.29, 0.717) is 24.4 Å².